The predicted octanol–water partition coefficient (Wildman–Crippen LogP) is 3.68. The van der Waals surface area contributed by atoms with E-state index in [0.717, 1.165) is 39.3 Å². The summed E-state index contributed by atoms with van der Waals surface area (Å²) in [6.07, 6.45) is 3.64. The molecule has 0 fully saturated rings. The van der Waals surface area contributed by atoms with Gasteiger partial charge in [0.15, 0.2) is 0 Å². The third-order valence-electron chi connectivity index (χ3n) is 3.58. The second-order valence-corrected chi connectivity index (χ2v) is 5.09. The lowest BCUT2D eigenvalue weighted by atomic mass is 10.1. The summed E-state index contributed by atoms with van der Waals surface area (Å²) >= 11 is 0. The third kappa shape index (κ3) is 2.29. The summed E-state index contributed by atoms with van der Waals surface area (Å²) in [4.78, 5) is 8.99. The van der Waals surface area contributed by atoms with Gasteiger partial charge in [-0.05, 0) is 36.3 Å². The minimum absolute atomic E-state index is 0.806. The van der Waals surface area contributed by atoms with Crippen molar-refractivity contribution >= 4 is 16.6 Å². The Balaban J connectivity index is 2.18. The molecule has 3 aromatic rings. The van der Waals surface area contributed by atoms with E-state index in [2.05, 4.69) is 22.2 Å². The summed E-state index contributed by atoms with van der Waals surface area (Å²) in [6.45, 7) is 5.94. The van der Waals surface area contributed by atoms with Gasteiger partial charge in [-0.2, -0.15) is 0 Å². The fourth-order valence-electron chi connectivity index (χ4n) is 2.36. The molecule has 1 aromatic carbocycles. The highest BCUT2D eigenvalue weighted by Gasteiger charge is 2.11. The van der Waals surface area contributed by atoms with E-state index in [9.17, 15) is 0 Å². The van der Waals surface area contributed by atoms with Crippen LogP contribution in [0, 0.1) is 0 Å². The molecule has 3 rings (SSSR count). The zero-order chi connectivity index (χ0) is 15.0. The molecule has 0 unspecified atom stereocenters. The Kier molecular flexibility index (Phi) is 3.22. The van der Waals surface area contributed by atoms with Crippen LogP contribution in [0.2, 0.25) is 0 Å². The lowest BCUT2D eigenvalue weighted by molar-refractivity contribution is 0.415. The summed E-state index contributed by atoms with van der Waals surface area (Å²) in [6, 6.07) is 7.96. The highest BCUT2D eigenvalue weighted by atomic mass is 16.5. The maximum absolute atomic E-state index is 5.25. The van der Waals surface area contributed by atoms with E-state index in [1.807, 2.05) is 44.6 Å². The molecule has 0 atom stereocenters. The van der Waals surface area contributed by atoms with Gasteiger partial charge in [0.05, 0.1) is 18.1 Å². The predicted molar refractivity (Wildman–Crippen MR) is 85.2 cm³/mol. The van der Waals surface area contributed by atoms with Gasteiger partial charge >= 0.3 is 0 Å². The van der Waals surface area contributed by atoms with E-state index in [0.29, 0.717) is 0 Å². The molecule has 0 bridgehead atoms. The van der Waals surface area contributed by atoms with Crippen molar-refractivity contribution in [2.24, 2.45) is 7.05 Å². The minimum Gasteiger partial charge on any atom is -0.497 e. The number of benzene rings is 1. The van der Waals surface area contributed by atoms with Crippen molar-refractivity contribution in [3.8, 4) is 17.1 Å². The number of aromatic nitrogens is 3. The summed E-state index contributed by atoms with van der Waals surface area (Å²) in [5.41, 5.74) is 4.97. The van der Waals surface area contributed by atoms with Crippen molar-refractivity contribution in [1.82, 2.24) is 14.5 Å². The van der Waals surface area contributed by atoms with Crippen molar-refractivity contribution in [3.05, 3.63) is 48.8 Å². The molecular weight excluding hydrogens is 262 g/mol. The van der Waals surface area contributed by atoms with Gasteiger partial charge in [-0.3, -0.25) is 4.98 Å². The number of aryl methyl sites for hydroxylation is 1. The zero-order valence-electron chi connectivity index (χ0n) is 12.4. The second kappa shape index (κ2) is 5.05. The number of hydrogen-bond donors (Lipinski definition) is 0. The van der Waals surface area contributed by atoms with E-state index < -0.39 is 0 Å². The Bertz CT molecular complexity index is 833. The van der Waals surface area contributed by atoms with Crippen LogP contribution < -0.4 is 4.74 Å². The first-order chi connectivity index (χ1) is 10.1. The average molecular weight is 279 g/mol. The maximum Gasteiger partial charge on any atom is 0.142 e. The molecule has 0 aliphatic rings. The number of ether oxygens (including phenoxy) is 1. The van der Waals surface area contributed by atoms with Crippen molar-refractivity contribution in [2.45, 2.75) is 6.92 Å². The van der Waals surface area contributed by atoms with Gasteiger partial charge in [-0.15, -0.1) is 0 Å². The van der Waals surface area contributed by atoms with Crippen molar-refractivity contribution in [1.29, 1.82) is 0 Å². The normalized spacial score (nSPS) is 10.8. The number of rotatable bonds is 3. The maximum atomic E-state index is 5.25. The standard InChI is InChI=1S/C17H17N3O/c1-11(2)12-7-13(10-18-9-12)17-19-15-8-14(21-4)5-6-16(15)20(17)3/h5-10H,1H2,2-4H3. The number of methoxy groups -OCH3 is 1. The van der Waals surface area contributed by atoms with Crippen LogP contribution in [0.4, 0.5) is 0 Å². The lowest BCUT2D eigenvalue weighted by Crippen LogP contribution is -1.94. The monoisotopic (exact) mass is 279 g/mol. The van der Waals surface area contributed by atoms with Crippen LogP contribution in [0.1, 0.15) is 12.5 Å². The number of allylic oxidation sites excluding steroid dienone is 1. The van der Waals surface area contributed by atoms with Gasteiger partial charge in [-0.25, -0.2) is 4.98 Å². The van der Waals surface area contributed by atoms with Crippen LogP contribution in [0.5, 0.6) is 5.75 Å². The molecule has 0 saturated carbocycles. The summed E-state index contributed by atoms with van der Waals surface area (Å²) in [7, 11) is 3.66. The summed E-state index contributed by atoms with van der Waals surface area (Å²) in [5, 5.41) is 0. The fraction of sp³-hybridized carbons (Fsp3) is 0.176. The van der Waals surface area contributed by atoms with Crippen LogP contribution in [0.15, 0.2) is 43.2 Å². The van der Waals surface area contributed by atoms with Gasteiger partial charge in [-0.1, -0.05) is 6.58 Å². The fourth-order valence-corrected chi connectivity index (χ4v) is 2.36. The van der Waals surface area contributed by atoms with Crippen LogP contribution >= 0.6 is 0 Å². The van der Waals surface area contributed by atoms with Crippen LogP contribution in [0.3, 0.4) is 0 Å². The van der Waals surface area contributed by atoms with Crippen LogP contribution in [-0.2, 0) is 7.05 Å². The molecule has 106 valence electrons. The molecule has 0 aliphatic heterocycles. The number of fused-ring (bicyclic) bond motifs is 1. The van der Waals surface area contributed by atoms with Crippen LogP contribution in [-0.4, -0.2) is 21.6 Å². The molecular formula is C17H17N3O. The molecule has 0 spiro atoms. The average Bonchev–Trinajstić information content (AvgIpc) is 2.84. The van der Waals surface area contributed by atoms with Gasteiger partial charge < -0.3 is 9.30 Å². The first-order valence-corrected chi connectivity index (χ1v) is 6.72. The Morgan fingerprint density at radius 1 is 1.24 bits per heavy atom. The Labute approximate surface area is 123 Å². The zero-order valence-corrected chi connectivity index (χ0v) is 12.4. The smallest absolute Gasteiger partial charge is 0.142 e. The van der Waals surface area contributed by atoms with Gasteiger partial charge in [0.25, 0.3) is 0 Å². The van der Waals surface area contributed by atoms with Crippen molar-refractivity contribution in [3.63, 3.8) is 0 Å². The topological polar surface area (TPSA) is 39.9 Å². The molecule has 0 N–H and O–H groups in total. The highest BCUT2D eigenvalue weighted by molar-refractivity contribution is 5.82. The number of imidazole rings is 1. The van der Waals surface area contributed by atoms with E-state index >= 15 is 0 Å². The molecule has 0 aliphatic carbocycles. The molecule has 21 heavy (non-hydrogen) atoms. The minimum atomic E-state index is 0.806. The second-order valence-electron chi connectivity index (χ2n) is 5.09. The first kappa shape index (κ1) is 13.4. The number of nitrogens with zero attached hydrogens (tertiary/aromatic N) is 3. The SMILES string of the molecule is C=C(C)c1cncc(-c2nc3cc(OC)ccc3n2C)c1. The van der Waals surface area contributed by atoms with Gasteiger partial charge in [0, 0.05) is 31.1 Å². The summed E-state index contributed by atoms with van der Waals surface area (Å²) < 4.78 is 7.32. The summed E-state index contributed by atoms with van der Waals surface area (Å²) in [5.74, 6) is 1.69. The molecule has 0 saturated heterocycles. The number of pyridine rings is 1. The van der Waals surface area contributed by atoms with Crippen molar-refractivity contribution in [2.75, 3.05) is 7.11 Å². The van der Waals surface area contributed by atoms with Gasteiger partial charge in [0.2, 0.25) is 0 Å². The third-order valence-corrected chi connectivity index (χ3v) is 3.58. The van der Waals surface area contributed by atoms with Crippen LogP contribution in [0.25, 0.3) is 28.0 Å². The van der Waals surface area contributed by atoms with E-state index in [1.165, 1.54) is 0 Å². The highest BCUT2D eigenvalue weighted by Crippen LogP contribution is 2.27. The number of hydrogen-bond acceptors (Lipinski definition) is 3. The van der Waals surface area contributed by atoms with E-state index in [4.69, 9.17) is 9.72 Å². The quantitative estimate of drug-likeness (QED) is 0.734. The molecule has 2 heterocycles. The molecule has 0 radical (unpaired) electrons. The molecule has 4 heteroatoms. The lowest BCUT2D eigenvalue weighted by Gasteiger charge is -2.05. The Morgan fingerprint density at radius 2 is 2.05 bits per heavy atom. The first-order valence-electron chi connectivity index (χ1n) is 6.72. The van der Waals surface area contributed by atoms with E-state index in [1.54, 1.807) is 7.11 Å². The largest absolute Gasteiger partial charge is 0.497 e. The van der Waals surface area contributed by atoms with E-state index in [-0.39, 0.29) is 0 Å². The molecule has 0 amide bonds. The van der Waals surface area contributed by atoms with Crippen molar-refractivity contribution < 1.29 is 4.74 Å². The van der Waals surface area contributed by atoms with Gasteiger partial charge in [0.1, 0.15) is 11.6 Å². The Morgan fingerprint density at radius 3 is 2.76 bits per heavy atom. The molecule has 2 aromatic heterocycles. The Hall–Kier alpha value is -2.62. The molecule has 4 nitrogen and oxygen atoms in total.